The van der Waals surface area contributed by atoms with Crippen LogP contribution in [0.4, 0.5) is 5.69 Å². The molecule has 0 spiro atoms. The highest BCUT2D eigenvalue weighted by atomic mass is 16.6. The first-order chi connectivity index (χ1) is 9.67. The molecule has 0 aliphatic carbocycles. The highest BCUT2D eigenvalue weighted by Crippen LogP contribution is 2.18. The van der Waals surface area contributed by atoms with Gasteiger partial charge >= 0.3 is 0 Å². The minimum absolute atomic E-state index is 0.133. The topological polar surface area (TPSA) is 72.6 Å². The maximum atomic E-state index is 10.7. The van der Waals surface area contributed by atoms with Crippen molar-refractivity contribution in [2.75, 3.05) is 13.2 Å². The second kappa shape index (κ2) is 12.6. The van der Waals surface area contributed by atoms with Crippen LogP contribution in [0.3, 0.4) is 0 Å². The molecule has 0 heterocycles. The average Bonchev–Trinajstić information content (AvgIpc) is 2.45. The fraction of sp³-hybridized carbons (Fsp3) is 0.600. The Kier molecular flexibility index (Phi) is 11.7. The largest absolute Gasteiger partial charge is 0.396 e. The van der Waals surface area contributed by atoms with Crippen LogP contribution in [0, 0.1) is 10.1 Å². The molecule has 0 fully saturated rings. The molecular formula is C15H25NO4. The van der Waals surface area contributed by atoms with Crippen LogP contribution in [-0.2, 0) is 11.3 Å². The Morgan fingerprint density at radius 3 is 2.35 bits per heavy atom. The molecule has 0 saturated carbocycles. The molecule has 20 heavy (non-hydrogen) atoms. The van der Waals surface area contributed by atoms with E-state index in [4.69, 9.17) is 9.84 Å². The van der Waals surface area contributed by atoms with E-state index in [2.05, 4.69) is 13.8 Å². The number of nitro benzene ring substituents is 1. The van der Waals surface area contributed by atoms with Crippen molar-refractivity contribution in [3.8, 4) is 0 Å². The van der Waals surface area contributed by atoms with Crippen LogP contribution in [0.15, 0.2) is 24.3 Å². The maximum Gasteiger partial charge on any atom is 0.274 e. The molecule has 0 bridgehead atoms. The van der Waals surface area contributed by atoms with Gasteiger partial charge < -0.3 is 9.84 Å². The Bertz CT molecular complexity index is 367. The van der Waals surface area contributed by atoms with E-state index in [1.165, 1.54) is 6.07 Å². The zero-order valence-electron chi connectivity index (χ0n) is 12.4. The lowest BCUT2D eigenvalue weighted by Gasteiger charge is -2.03. The maximum absolute atomic E-state index is 10.7. The van der Waals surface area contributed by atoms with Crippen molar-refractivity contribution >= 4 is 5.69 Å². The van der Waals surface area contributed by atoms with E-state index >= 15 is 0 Å². The summed E-state index contributed by atoms with van der Waals surface area (Å²) in [4.78, 5) is 10.3. The molecule has 0 saturated heterocycles. The number of unbranched alkanes of at least 4 members (excludes halogenated alkanes) is 2. The standard InChI is InChI=1S/C11H15NO3.C4H10O/c1-2-3-8-15-9-10-6-4-5-7-11(10)12(13)14;1-2-3-4-5/h4-7H,2-3,8-9H2,1H3;5H,2-4H2,1H3. The van der Waals surface area contributed by atoms with Gasteiger partial charge in [0.2, 0.25) is 0 Å². The van der Waals surface area contributed by atoms with Gasteiger partial charge in [-0.15, -0.1) is 0 Å². The summed E-state index contributed by atoms with van der Waals surface area (Å²) in [5, 5.41) is 18.7. The predicted molar refractivity (Wildman–Crippen MR) is 79.7 cm³/mol. The fourth-order valence-corrected chi connectivity index (χ4v) is 1.40. The van der Waals surface area contributed by atoms with E-state index in [1.54, 1.807) is 18.2 Å². The van der Waals surface area contributed by atoms with Gasteiger partial charge in [-0.25, -0.2) is 0 Å². The van der Waals surface area contributed by atoms with Crippen LogP contribution in [0.25, 0.3) is 0 Å². The number of benzene rings is 1. The van der Waals surface area contributed by atoms with Gasteiger partial charge in [0.15, 0.2) is 0 Å². The van der Waals surface area contributed by atoms with E-state index in [1.807, 2.05) is 0 Å². The predicted octanol–water partition coefficient (Wildman–Crippen LogP) is 3.69. The molecule has 0 atom stereocenters. The first-order valence-electron chi connectivity index (χ1n) is 7.08. The van der Waals surface area contributed by atoms with Gasteiger partial charge in [0.25, 0.3) is 5.69 Å². The van der Waals surface area contributed by atoms with E-state index in [0.717, 1.165) is 25.7 Å². The van der Waals surface area contributed by atoms with E-state index in [-0.39, 0.29) is 10.6 Å². The summed E-state index contributed by atoms with van der Waals surface area (Å²) in [6, 6.07) is 6.67. The van der Waals surface area contributed by atoms with Gasteiger partial charge in [0, 0.05) is 19.3 Å². The molecule has 0 unspecified atom stereocenters. The third-order valence-corrected chi connectivity index (χ3v) is 2.60. The number of nitrogens with zero attached hydrogens (tertiary/aromatic N) is 1. The number of ether oxygens (including phenoxy) is 1. The molecule has 0 amide bonds. The van der Waals surface area contributed by atoms with Crippen LogP contribution in [-0.4, -0.2) is 23.2 Å². The first kappa shape index (κ1) is 18.5. The van der Waals surface area contributed by atoms with Crippen molar-refractivity contribution in [1.82, 2.24) is 0 Å². The molecule has 5 heteroatoms. The summed E-state index contributed by atoms with van der Waals surface area (Å²) >= 11 is 0. The Labute approximate surface area is 120 Å². The van der Waals surface area contributed by atoms with Crippen LogP contribution < -0.4 is 0 Å². The zero-order chi connectivity index (χ0) is 15.2. The number of para-hydroxylation sites is 1. The van der Waals surface area contributed by atoms with Crippen molar-refractivity contribution in [2.24, 2.45) is 0 Å². The summed E-state index contributed by atoms with van der Waals surface area (Å²) in [7, 11) is 0. The van der Waals surface area contributed by atoms with Crippen molar-refractivity contribution in [1.29, 1.82) is 0 Å². The summed E-state index contributed by atoms with van der Waals surface area (Å²) in [5.41, 5.74) is 0.771. The number of aliphatic hydroxyl groups excluding tert-OH is 1. The second-order valence-electron chi connectivity index (χ2n) is 4.37. The molecule has 5 nitrogen and oxygen atoms in total. The van der Waals surface area contributed by atoms with Gasteiger partial charge in [-0.3, -0.25) is 10.1 Å². The molecule has 0 aliphatic heterocycles. The fourth-order valence-electron chi connectivity index (χ4n) is 1.40. The zero-order valence-corrected chi connectivity index (χ0v) is 12.4. The molecule has 0 aromatic heterocycles. The van der Waals surface area contributed by atoms with Crippen LogP contribution in [0.1, 0.15) is 45.1 Å². The lowest BCUT2D eigenvalue weighted by atomic mass is 10.2. The molecule has 1 aromatic carbocycles. The molecular weight excluding hydrogens is 258 g/mol. The normalized spacial score (nSPS) is 9.75. The SMILES string of the molecule is CCCCO.CCCCOCc1ccccc1[N+](=O)[O-]. The Morgan fingerprint density at radius 1 is 1.20 bits per heavy atom. The summed E-state index contributed by atoms with van der Waals surface area (Å²) in [6.45, 7) is 5.45. The highest BCUT2D eigenvalue weighted by molar-refractivity contribution is 5.39. The summed E-state index contributed by atoms with van der Waals surface area (Å²) in [6.07, 6.45) is 4.09. The second-order valence-corrected chi connectivity index (χ2v) is 4.37. The lowest BCUT2D eigenvalue weighted by molar-refractivity contribution is -0.385. The van der Waals surface area contributed by atoms with Gasteiger partial charge in [0.1, 0.15) is 0 Å². The Balaban J connectivity index is 0.000000621. The van der Waals surface area contributed by atoms with Crippen LogP contribution in [0.2, 0.25) is 0 Å². The van der Waals surface area contributed by atoms with Crippen molar-refractivity contribution < 1.29 is 14.8 Å². The smallest absolute Gasteiger partial charge is 0.274 e. The first-order valence-corrected chi connectivity index (χ1v) is 7.08. The quantitative estimate of drug-likeness (QED) is 0.448. The Hall–Kier alpha value is -1.46. The molecule has 1 aromatic rings. The van der Waals surface area contributed by atoms with Gasteiger partial charge in [-0.1, -0.05) is 38.8 Å². The molecule has 1 N–H and O–H groups in total. The average molecular weight is 283 g/mol. The molecule has 0 aliphatic rings. The highest BCUT2D eigenvalue weighted by Gasteiger charge is 2.11. The number of rotatable bonds is 8. The minimum atomic E-state index is -0.376. The van der Waals surface area contributed by atoms with Crippen LogP contribution >= 0.6 is 0 Å². The van der Waals surface area contributed by atoms with E-state index < -0.39 is 0 Å². The lowest BCUT2D eigenvalue weighted by Crippen LogP contribution is -1.99. The number of aliphatic hydroxyl groups is 1. The van der Waals surface area contributed by atoms with Crippen molar-refractivity contribution in [2.45, 2.75) is 46.1 Å². The number of nitro groups is 1. The number of hydrogen-bond donors (Lipinski definition) is 1. The van der Waals surface area contributed by atoms with Gasteiger partial charge in [0.05, 0.1) is 17.1 Å². The number of hydrogen-bond acceptors (Lipinski definition) is 4. The minimum Gasteiger partial charge on any atom is -0.396 e. The van der Waals surface area contributed by atoms with Gasteiger partial charge in [-0.05, 0) is 18.9 Å². The summed E-state index contributed by atoms with van der Waals surface area (Å²) in [5.74, 6) is 0. The monoisotopic (exact) mass is 283 g/mol. The van der Waals surface area contributed by atoms with Crippen LogP contribution in [0.5, 0.6) is 0 Å². The third kappa shape index (κ3) is 8.61. The van der Waals surface area contributed by atoms with E-state index in [0.29, 0.717) is 25.4 Å². The van der Waals surface area contributed by atoms with Crippen molar-refractivity contribution in [3.63, 3.8) is 0 Å². The third-order valence-electron chi connectivity index (χ3n) is 2.60. The summed E-state index contributed by atoms with van der Waals surface area (Å²) < 4.78 is 5.35. The van der Waals surface area contributed by atoms with E-state index in [9.17, 15) is 10.1 Å². The molecule has 1 rings (SSSR count). The molecule has 0 radical (unpaired) electrons. The Morgan fingerprint density at radius 2 is 1.85 bits per heavy atom. The molecule has 114 valence electrons. The van der Waals surface area contributed by atoms with Gasteiger partial charge in [-0.2, -0.15) is 0 Å². The van der Waals surface area contributed by atoms with Crippen molar-refractivity contribution in [3.05, 3.63) is 39.9 Å².